The van der Waals surface area contributed by atoms with Gasteiger partial charge in [-0.1, -0.05) is 30.7 Å². The van der Waals surface area contributed by atoms with Crippen LogP contribution in [-0.2, 0) is 16.3 Å². The molecule has 1 unspecified atom stereocenters. The summed E-state index contributed by atoms with van der Waals surface area (Å²) in [5.41, 5.74) is 0.102. The van der Waals surface area contributed by atoms with Crippen molar-refractivity contribution in [2.45, 2.75) is 38.7 Å². The second kappa shape index (κ2) is 6.73. The minimum Gasteiger partial charge on any atom is -0.390 e. The zero-order valence-corrected chi connectivity index (χ0v) is 13.0. The molecule has 108 valence electrons. The maximum Gasteiger partial charge on any atom is 0.150 e. The molecule has 0 bridgehead atoms. The van der Waals surface area contributed by atoms with Gasteiger partial charge in [-0.15, -0.1) is 0 Å². The van der Waals surface area contributed by atoms with Gasteiger partial charge >= 0.3 is 0 Å². The van der Waals surface area contributed by atoms with E-state index in [1.54, 1.807) is 26.0 Å². The SMILES string of the molecule is CCS(=O)(=O)CCCC(C)(O)Cc1ccc(Cl)cc1. The Morgan fingerprint density at radius 2 is 1.84 bits per heavy atom. The van der Waals surface area contributed by atoms with E-state index < -0.39 is 15.4 Å². The molecule has 19 heavy (non-hydrogen) atoms. The Morgan fingerprint density at radius 1 is 1.26 bits per heavy atom. The zero-order valence-electron chi connectivity index (χ0n) is 11.4. The fourth-order valence-corrected chi connectivity index (χ4v) is 2.95. The molecule has 0 aromatic heterocycles. The third kappa shape index (κ3) is 6.41. The molecule has 1 rings (SSSR count). The summed E-state index contributed by atoms with van der Waals surface area (Å²) in [4.78, 5) is 0. The van der Waals surface area contributed by atoms with Crippen molar-refractivity contribution in [1.29, 1.82) is 0 Å². The minimum absolute atomic E-state index is 0.139. The van der Waals surface area contributed by atoms with Crippen molar-refractivity contribution >= 4 is 21.4 Å². The normalized spacial score (nSPS) is 15.2. The first kappa shape index (κ1) is 16.5. The molecule has 3 nitrogen and oxygen atoms in total. The van der Waals surface area contributed by atoms with E-state index in [0.29, 0.717) is 24.3 Å². The average molecular weight is 305 g/mol. The molecule has 1 N–H and O–H groups in total. The van der Waals surface area contributed by atoms with Crippen molar-refractivity contribution in [1.82, 2.24) is 0 Å². The van der Waals surface area contributed by atoms with E-state index in [-0.39, 0.29) is 11.5 Å². The lowest BCUT2D eigenvalue weighted by Gasteiger charge is -2.23. The van der Waals surface area contributed by atoms with E-state index in [0.717, 1.165) is 5.56 Å². The number of sulfone groups is 1. The predicted molar refractivity (Wildman–Crippen MR) is 79.3 cm³/mol. The lowest BCUT2D eigenvalue weighted by Crippen LogP contribution is -2.28. The van der Waals surface area contributed by atoms with Gasteiger partial charge in [-0.25, -0.2) is 8.42 Å². The molecule has 0 radical (unpaired) electrons. The van der Waals surface area contributed by atoms with Crippen LogP contribution >= 0.6 is 11.6 Å². The maximum absolute atomic E-state index is 11.4. The first-order valence-electron chi connectivity index (χ1n) is 6.41. The first-order chi connectivity index (χ1) is 8.74. The average Bonchev–Trinajstić information content (AvgIpc) is 2.31. The van der Waals surface area contributed by atoms with Crippen LogP contribution in [0.4, 0.5) is 0 Å². The molecule has 0 aliphatic rings. The van der Waals surface area contributed by atoms with Gasteiger partial charge in [0.1, 0.15) is 9.84 Å². The Balaban J connectivity index is 2.50. The number of benzene rings is 1. The van der Waals surface area contributed by atoms with Crippen LogP contribution in [0.2, 0.25) is 5.02 Å². The Kier molecular flexibility index (Phi) is 5.83. The molecule has 0 amide bonds. The standard InChI is InChI=1S/C14H21ClO3S/c1-3-19(17,18)10-4-9-14(2,16)11-12-5-7-13(15)8-6-12/h5-8,16H,3-4,9-11H2,1-2H3. The van der Waals surface area contributed by atoms with Gasteiger partial charge in [-0.05, 0) is 37.5 Å². The highest BCUT2D eigenvalue weighted by Gasteiger charge is 2.21. The Bertz CT molecular complexity index is 492. The van der Waals surface area contributed by atoms with Gasteiger partial charge in [0, 0.05) is 17.2 Å². The Morgan fingerprint density at radius 3 is 2.37 bits per heavy atom. The summed E-state index contributed by atoms with van der Waals surface area (Å²) < 4.78 is 22.8. The number of hydrogen-bond acceptors (Lipinski definition) is 3. The largest absolute Gasteiger partial charge is 0.390 e. The summed E-state index contributed by atoms with van der Waals surface area (Å²) in [6.07, 6.45) is 1.45. The zero-order chi connectivity index (χ0) is 14.5. The third-order valence-electron chi connectivity index (χ3n) is 3.11. The smallest absolute Gasteiger partial charge is 0.150 e. The fourth-order valence-electron chi connectivity index (χ4n) is 1.95. The molecule has 0 saturated carbocycles. The van der Waals surface area contributed by atoms with E-state index >= 15 is 0 Å². The fraction of sp³-hybridized carbons (Fsp3) is 0.571. The Hall–Kier alpha value is -0.580. The van der Waals surface area contributed by atoms with Crippen molar-refractivity contribution in [2.24, 2.45) is 0 Å². The molecule has 1 aromatic rings. The van der Waals surface area contributed by atoms with Gasteiger partial charge in [0.05, 0.1) is 11.4 Å². The van der Waals surface area contributed by atoms with Gasteiger partial charge in [0.15, 0.2) is 0 Å². The summed E-state index contributed by atoms with van der Waals surface area (Å²) in [5, 5.41) is 10.9. The molecule has 0 aliphatic heterocycles. The highest BCUT2D eigenvalue weighted by atomic mass is 35.5. The van der Waals surface area contributed by atoms with Crippen LogP contribution in [0.15, 0.2) is 24.3 Å². The van der Waals surface area contributed by atoms with Crippen LogP contribution in [0.3, 0.4) is 0 Å². The van der Waals surface area contributed by atoms with Crippen LogP contribution in [0.25, 0.3) is 0 Å². The van der Waals surface area contributed by atoms with Crippen molar-refractivity contribution in [3.63, 3.8) is 0 Å². The van der Waals surface area contributed by atoms with Crippen LogP contribution < -0.4 is 0 Å². The van der Waals surface area contributed by atoms with Crippen LogP contribution in [0.5, 0.6) is 0 Å². The molecule has 1 atom stereocenters. The maximum atomic E-state index is 11.4. The van der Waals surface area contributed by atoms with Crippen molar-refractivity contribution in [3.05, 3.63) is 34.9 Å². The topological polar surface area (TPSA) is 54.4 Å². The van der Waals surface area contributed by atoms with Gasteiger partial charge in [0.25, 0.3) is 0 Å². The summed E-state index contributed by atoms with van der Waals surface area (Å²) in [7, 11) is -2.95. The monoisotopic (exact) mass is 304 g/mol. The molecule has 1 aromatic carbocycles. The van der Waals surface area contributed by atoms with Crippen LogP contribution in [0.1, 0.15) is 32.3 Å². The van der Waals surface area contributed by atoms with Gasteiger partial charge in [-0.3, -0.25) is 0 Å². The van der Waals surface area contributed by atoms with E-state index in [2.05, 4.69) is 0 Å². The second-order valence-corrected chi connectivity index (χ2v) is 8.05. The van der Waals surface area contributed by atoms with Gasteiger partial charge in [-0.2, -0.15) is 0 Å². The van der Waals surface area contributed by atoms with E-state index in [9.17, 15) is 13.5 Å². The second-order valence-electron chi connectivity index (χ2n) is 5.14. The van der Waals surface area contributed by atoms with E-state index in [1.165, 1.54) is 0 Å². The molecule has 0 fully saturated rings. The van der Waals surface area contributed by atoms with Gasteiger partial charge < -0.3 is 5.11 Å². The quantitative estimate of drug-likeness (QED) is 0.843. The number of halogens is 1. The number of aliphatic hydroxyl groups is 1. The summed E-state index contributed by atoms with van der Waals surface area (Å²) in [6.45, 7) is 3.38. The van der Waals surface area contributed by atoms with Gasteiger partial charge in [0.2, 0.25) is 0 Å². The molecule has 5 heteroatoms. The molecule has 0 spiro atoms. The summed E-state index contributed by atoms with van der Waals surface area (Å²) in [5.74, 6) is 0.298. The van der Waals surface area contributed by atoms with Crippen molar-refractivity contribution in [3.8, 4) is 0 Å². The predicted octanol–water partition coefficient (Wildman–Crippen LogP) is 2.85. The number of hydrogen-bond donors (Lipinski definition) is 1. The Labute approximate surface area is 120 Å². The third-order valence-corrected chi connectivity index (χ3v) is 5.15. The van der Waals surface area contributed by atoms with Crippen molar-refractivity contribution in [2.75, 3.05) is 11.5 Å². The molecule has 0 aliphatic carbocycles. The molecule has 0 heterocycles. The molecular weight excluding hydrogens is 284 g/mol. The van der Waals surface area contributed by atoms with E-state index in [1.807, 2.05) is 12.1 Å². The number of rotatable bonds is 7. The molecular formula is C14H21ClO3S. The van der Waals surface area contributed by atoms with Crippen LogP contribution in [0, 0.1) is 0 Å². The highest BCUT2D eigenvalue weighted by molar-refractivity contribution is 7.91. The van der Waals surface area contributed by atoms with Crippen LogP contribution in [-0.4, -0.2) is 30.6 Å². The minimum atomic E-state index is -2.95. The van der Waals surface area contributed by atoms with E-state index in [4.69, 9.17) is 11.6 Å². The lowest BCUT2D eigenvalue weighted by molar-refractivity contribution is 0.0508. The highest BCUT2D eigenvalue weighted by Crippen LogP contribution is 2.20. The van der Waals surface area contributed by atoms with Crippen molar-refractivity contribution < 1.29 is 13.5 Å². The molecule has 0 saturated heterocycles. The summed E-state index contributed by atoms with van der Waals surface area (Å²) >= 11 is 5.80. The first-order valence-corrected chi connectivity index (χ1v) is 8.61. The lowest BCUT2D eigenvalue weighted by atomic mass is 9.92. The summed E-state index contributed by atoms with van der Waals surface area (Å²) in [6, 6.07) is 7.32.